The summed E-state index contributed by atoms with van der Waals surface area (Å²) in [5, 5.41) is 2.07. The zero-order chi connectivity index (χ0) is 13.8. The van der Waals surface area contributed by atoms with Gasteiger partial charge in [-0.2, -0.15) is 0 Å². The Bertz CT molecular complexity index is 576. The third-order valence-electron chi connectivity index (χ3n) is 2.59. The second-order valence-electron chi connectivity index (χ2n) is 4.66. The molecule has 2 aromatic rings. The lowest BCUT2D eigenvalue weighted by Gasteiger charge is -2.12. The Kier molecular flexibility index (Phi) is 4.55. The van der Waals surface area contributed by atoms with E-state index >= 15 is 0 Å². The fourth-order valence-corrected chi connectivity index (χ4v) is 3.03. The Morgan fingerprint density at radius 3 is 2.68 bits per heavy atom. The van der Waals surface area contributed by atoms with Gasteiger partial charge in [0.1, 0.15) is 11.4 Å². The zero-order valence-corrected chi connectivity index (χ0v) is 13.5. The van der Waals surface area contributed by atoms with Crippen LogP contribution in [0, 0.1) is 6.92 Å². The van der Waals surface area contributed by atoms with Crippen LogP contribution in [0.3, 0.4) is 0 Å². The Labute approximate surface area is 120 Å². The van der Waals surface area contributed by atoms with Crippen LogP contribution in [0.25, 0.3) is 0 Å². The molecule has 0 bridgehead atoms. The van der Waals surface area contributed by atoms with E-state index in [9.17, 15) is 0 Å². The third-order valence-corrected chi connectivity index (χ3v) is 4.20. The first-order valence-electron chi connectivity index (χ1n) is 6.24. The normalized spacial score (nSPS) is 11.9. The maximum Gasteiger partial charge on any atom is 0.274 e. The molecule has 0 aliphatic rings. The lowest BCUT2D eigenvalue weighted by atomic mass is 10.2. The number of nitrogens with zero attached hydrogens (tertiary/aromatic N) is 1. The van der Waals surface area contributed by atoms with Crippen molar-refractivity contribution in [1.82, 2.24) is 0 Å². The molecule has 1 heterocycles. The van der Waals surface area contributed by atoms with Crippen LogP contribution in [0.4, 0.5) is 5.69 Å². The second kappa shape index (κ2) is 6.17. The summed E-state index contributed by atoms with van der Waals surface area (Å²) in [7, 11) is -0.777. The van der Waals surface area contributed by atoms with E-state index in [0.29, 0.717) is 0 Å². The van der Waals surface area contributed by atoms with E-state index in [2.05, 4.69) is 43.6 Å². The van der Waals surface area contributed by atoms with Crippen molar-refractivity contribution in [3.63, 3.8) is 0 Å². The quantitative estimate of drug-likeness (QED) is 0.583. The molecule has 0 N–H and O–H groups in total. The zero-order valence-electron chi connectivity index (χ0n) is 11.7. The SMILES string of the molecule is CC(=Nc1cc(C)ccc1O[Si](C)C)c1cccs1. The summed E-state index contributed by atoms with van der Waals surface area (Å²) in [5.74, 6) is 0.889. The molecule has 0 aliphatic carbocycles. The van der Waals surface area contributed by atoms with Crippen molar-refractivity contribution in [2.24, 2.45) is 4.99 Å². The molecule has 1 aromatic carbocycles. The van der Waals surface area contributed by atoms with Crippen LogP contribution in [-0.4, -0.2) is 14.8 Å². The van der Waals surface area contributed by atoms with Crippen molar-refractivity contribution in [2.75, 3.05) is 0 Å². The van der Waals surface area contributed by atoms with Crippen LogP contribution in [-0.2, 0) is 0 Å². The van der Waals surface area contributed by atoms with Gasteiger partial charge in [-0.3, -0.25) is 0 Å². The summed E-state index contributed by atoms with van der Waals surface area (Å²) in [5.41, 5.74) is 3.16. The van der Waals surface area contributed by atoms with Gasteiger partial charge in [0.25, 0.3) is 9.04 Å². The van der Waals surface area contributed by atoms with Crippen LogP contribution in [0.15, 0.2) is 40.7 Å². The third kappa shape index (κ3) is 3.78. The van der Waals surface area contributed by atoms with E-state index in [1.54, 1.807) is 11.3 Å². The number of aliphatic imine (C=N–C) groups is 1. The minimum Gasteiger partial charge on any atom is -0.541 e. The van der Waals surface area contributed by atoms with Crippen LogP contribution >= 0.6 is 11.3 Å². The number of thiophene rings is 1. The van der Waals surface area contributed by atoms with Crippen molar-refractivity contribution < 1.29 is 4.43 Å². The molecule has 0 saturated heterocycles. The number of benzene rings is 1. The van der Waals surface area contributed by atoms with E-state index in [0.717, 1.165) is 17.1 Å². The molecule has 2 nitrogen and oxygen atoms in total. The predicted molar refractivity (Wildman–Crippen MR) is 85.5 cm³/mol. The molecule has 0 amide bonds. The van der Waals surface area contributed by atoms with Crippen molar-refractivity contribution in [2.45, 2.75) is 26.9 Å². The summed E-state index contributed by atoms with van der Waals surface area (Å²) in [4.78, 5) is 5.93. The van der Waals surface area contributed by atoms with Crippen molar-refractivity contribution in [1.29, 1.82) is 0 Å². The maximum atomic E-state index is 5.92. The molecule has 19 heavy (non-hydrogen) atoms. The van der Waals surface area contributed by atoms with E-state index in [1.807, 2.05) is 19.1 Å². The highest BCUT2D eigenvalue weighted by Crippen LogP contribution is 2.30. The Balaban J connectivity index is 2.37. The van der Waals surface area contributed by atoms with Gasteiger partial charge in [-0.05, 0) is 56.1 Å². The monoisotopic (exact) mass is 288 g/mol. The van der Waals surface area contributed by atoms with Gasteiger partial charge in [-0.1, -0.05) is 12.1 Å². The van der Waals surface area contributed by atoms with Gasteiger partial charge in [0.05, 0.1) is 5.71 Å². The molecule has 0 fully saturated rings. The minimum absolute atomic E-state index is 0.777. The molecule has 0 saturated carbocycles. The summed E-state index contributed by atoms with van der Waals surface area (Å²) < 4.78 is 5.92. The number of rotatable bonds is 4. The van der Waals surface area contributed by atoms with Gasteiger partial charge < -0.3 is 4.43 Å². The molecule has 0 spiro atoms. The van der Waals surface area contributed by atoms with Crippen molar-refractivity contribution >= 4 is 31.8 Å². The topological polar surface area (TPSA) is 21.6 Å². The highest BCUT2D eigenvalue weighted by atomic mass is 32.1. The van der Waals surface area contributed by atoms with Crippen LogP contribution in [0.5, 0.6) is 5.75 Å². The first-order chi connectivity index (χ1) is 9.06. The first-order valence-corrected chi connectivity index (χ1v) is 9.53. The predicted octanol–water partition coefficient (Wildman–Crippen LogP) is 4.83. The van der Waals surface area contributed by atoms with Gasteiger partial charge >= 0.3 is 0 Å². The largest absolute Gasteiger partial charge is 0.541 e. The average molecular weight is 288 g/mol. The smallest absolute Gasteiger partial charge is 0.274 e. The molecule has 99 valence electrons. The van der Waals surface area contributed by atoms with Crippen molar-refractivity contribution in [3.05, 3.63) is 46.2 Å². The van der Waals surface area contributed by atoms with Gasteiger partial charge in [0, 0.05) is 4.88 Å². The Morgan fingerprint density at radius 2 is 2.05 bits per heavy atom. The molecule has 2 rings (SSSR count). The number of hydrogen-bond acceptors (Lipinski definition) is 3. The van der Waals surface area contributed by atoms with Crippen LogP contribution < -0.4 is 4.43 Å². The summed E-state index contributed by atoms with van der Waals surface area (Å²) in [6.45, 7) is 8.38. The molecule has 0 unspecified atom stereocenters. The van der Waals surface area contributed by atoms with E-state index in [4.69, 9.17) is 9.42 Å². The van der Waals surface area contributed by atoms with E-state index < -0.39 is 9.04 Å². The molecular weight excluding hydrogens is 270 g/mol. The van der Waals surface area contributed by atoms with Gasteiger partial charge in [-0.25, -0.2) is 4.99 Å². The van der Waals surface area contributed by atoms with Crippen LogP contribution in [0.2, 0.25) is 13.1 Å². The van der Waals surface area contributed by atoms with E-state index in [1.165, 1.54) is 10.4 Å². The molecule has 1 radical (unpaired) electrons. The molecule has 0 aliphatic heterocycles. The Morgan fingerprint density at radius 1 is 1.26 bits per heavy atom. The molecule has 1 aromatic heterocycles. The van der Waals surface area contributed by atoms with Gasteiger partial charge in [-0.15, -0.1) is 11.3 Å². The highest BCUT2D eigenvalue weighted by Gasteiger charge is 2.08. The molecule has 4 heteroatoms. The van der Waals surface area contributed by atoms with E-state index in [-0.39, 0.29) is 0 Å². The average Bonchev–Trinajstić information content (AvgIpc) is 2.86. The lowest BCUT2D eigenvalue weighted by Crippen LogP contribution is -2.11. The first kappa shape index (κ1) is 14.0. The van der Waals surface area contributed by atoms with Gasteiger partial charge in [0.15, 0.2) is 0 Å². The fraction of sp³-hybridized carbons (Fsp3) is 0.267. The van der Waals surface area contributed by atoms with Crippen molar-refractivity contribution in [3.8, 4) is 5.75 Å². The minimum atomic E-state index is -0.777. The maximum absolute atomic E-state index is 5.92. The summed E-state index contributed by atoms with van der Waals surface area (Å²) in [6.07, 6.45) is 0. The number of aryl methyl sites for hydroxylation is 1. The fourth-order valence-electron chi connectivity index (χ4n) is 1.74. The van der Waals surface area contributed by atoms with Crippen LogP contribution in [0.1, 0.15) is 17.4 Å². The summed E-state index contributed by atoms with van der Waals surface area (Å²) in [6, 6.07) is 10.3. The summed E-state index contributed by atoms with van der Waals surface area (Å²) >= 11 is 1.71. The lowest BCUT2D eigenvalue weighted by molar-refractivity contribution is 0.582. The standard InChI is InChI=1S/C15H18NOSSi/c1-11-7-8-14(17-19(3)4)13(10-11)16-12(2)15-6-5-9-18-15/h5-10H,1-4H3. The highest BCUT2D eigenvalue weighted by molar-refractivity contribution is 7.12. The second-order valence-corrected chi connectivity index (χ2v) is 7.62. The molecule has 0 atom stereocenters. The number of hydrogen-bond donors (Lipinski definition) is 0. The van der Waals surface area contributed by atoms with Gasteiger partial charge in [0.2, 0.25) is 0 Å². The Hall–Kier alpha value is -1.39. The molecular formula is C15H18NOSSi.